The number of anilines is 1. The summed E-state index contributed by atoms with van der Waals surface area (Å²) >= 11 is 0. The van der Waals surface area contributed by atoms with E-state index in [9.17, 15) is 13.6 Å². The van der Waals surface area contributed by atoms with Crippen molar-refractivity contribution in [2.24, 2.45) is 0 Å². The summed E-state index contributed by atoms with van der Waals surface area (Å²) in [6.45, 7) is 0.134. The van der Waals surface area contributed by atoms with Gasteiger partial charge in [0.1, 0.15) is 5.82 Å². The molecule has 0 radical (unpaired) electrons. The van der Waals surface area contributed by atoms with Gasteiger partial charge in [-0.1, -0.05) is 0 Å². The highest BCUT2D eigenvalue weighted by Crippen LogP contribution is 2.17. The van der Waals surface area contributed by atoms with E-state index in [-0.39, 0.29) is 6.54 Å². The lowest BCUT2D eigenvalue weighted by molar-refractivity contribution is 0.0946. The van der Waals surface area contributed by atoms with E-state index in [0.29, 0.717) is 5.69 Å². The highest BCUT2D eigenvalue weighted by atomic mass is 19.1. The maximum Gasteiger partial charge on any atom is 0.254 e. The molecule has 0 atom stereocenters. The molecule has 7 heteroatoms. The number of benzene rings is 1. The summed E-state index contributed by atoms with van der Waals surface area (Å²) in [5.74, 6) is -2.44. The average Bonchev–Trinajstić information content (AvgIpc) is 2.83. The number of nitrogens with two attached hydrogens (primary N) is 1. The third kappa shape index (κ3) is 2.45. The van der Waals surface area contributed by atoms with Gasteiger partial charge in [-0.25, -0.2) is 8.78 Å². The molecule has 0 aliphatic carbocycles. The van der Waals surface area contributed by atoms with Crippen LogP contribution >= 0.6 is 0 Å². The topological polar surface area (TPSA) is 83.8 Å². The molecule has 4 N–H and O–H groups in total. The fourth-order valence-corrected chi connectivity index (χ4v) is 1.43. The number of carbonyl (C=O) groups is 1. The molecule has 0 bridgehead atoms. The Morgan fingerprint density at radius 3 is 2.89 bits per heavy atom. The molecule has 5 nitrogen and oxygen atoms in total. The van der Waals surface area contributed by atoms with Crippen molar-refractivity contribution in [3.05, 3.63) is 47.3 Å². The average molecular weight is 252 g/mol. The monoisotopic (exact) mass is 252 g/mol. The van der Waals surface area contributed by atoms with Gasteiger partial charge in [0.05, 0.1) is 23.5 Å². The van der Waals surface area contributed by atoms with Crippen LogP contribution in [-0.4, -0.2) is 16.1 Å². The fourth-order valence-electron chi connectivity index (χ4n) is 1.43. The van der Waals surface area contributed by atoms with Crippen molar-refractivity contribution in [1.29, 1.82) is 0 Å². The van der Waals surface area contributed by atoms with E-state index < -0.39 is 28.8 Å². The fraction of sp³-hybridized carbons (Fsp3) is 0.0909. The Balaban J connectivity index is 2.14. The molecular formula is C11H10F2N4O. The second-order valence-corrected chi connectivity index (χ2v) is 3.62. The molecule has 0 unspecified atom stereocenters. The summed E-state index contributed by atoms with van der Waals surface area (Å²) in [5.41, 5.74) is 5.06. The molecule has 18 heavy (non-hydrogen) atoms. The lowest BCUT2D eigenvalue weighted by Crippen LogP contribution is -2.24. The predicted molar refractivity (Wildman–Crippen MR) is 60.5 cm³/mol. The molecule has 2 aromatic rings. The van der Waals surface area contributed by atoms with E-state index in [2.05, 4.69) is 15.5 Å². The van der Waals surface area contributed by atoms with Gasteiger partial charge >= 0.3 is 0 Å². The van der Waals surface area contributed by atoms with E-state index in [0.717, 1.165) is 12.1 Å². The van der Waals surface area contributed by atoms with Gasteiger partial charge in [0, 0.05) is 6.20 Å². The maximum atomic E-state index is 13.5. The Morgan fingerprint density at radius 1 is 1.44 bits per heavy atom. The van der Waals surface area contributed by atoms with Gasteiger partial charge < -0.3 is 11.1 Å². The molecule has 0 saturated heterocycles. The molecule has 2 rings (SSSR count). The summed E-state index contributed by atoms with van der Waals surface area (Å²) < 4.78 is 26.6. The predicted octanol–water partition coefficient (Wildman–Crippen LogP) is 1.20. The van der Waals surface area contributed by atoms with Gasteiger partial charge in [-0.2, -0.15) is 5.10 Å². The highest BCUT2D eigenvalue weighted by Gasteiger charge is 2.15. The Morgan fingerprint density at radius 2 is 2.22 bits per heavy atom. The first-order chi connectivity index (χ1) is 8.58. The van der Waals surface area contributed by atoms with E-state index in [1.807, 2.05) is 0 Å². The number of nitrogens with one attached hydrogen (secondary N) is 2. The standard InChI is InChI=1S/C11H10F2N4O/c12-6-3-8(10(13)9(14)4-6)11(18)15-5-7-1-2-16-17-7/h1-4H,5,14H2,(H,15,18)(H,16,17). The van der Waals surface area contributed by atoms with E-state index >= 15 is 0 Å². The molecule has 0 spiro atoms. The Kier molecular flexibility index (Phi) is 3.22. The molecule has 0 aliphatic heterocycles. The normalized spacial score (nSPS) is 10.3. The van der Waals surface area contributed by atoms with Crippen LogP contribution in [0.3, 0.4) is 0 Å². The maximum absolute atomic E-state index is 13.5. The highest BCUT2D eigenvalue weighted by molar-refractivity contribution is 5.95. The van der Waals surface area contributed by atoms with Crippen LogP contribution in [0.1, 0.15) is 16.1 Å². The Bertz CT molecular complexity index is 569. The summed E-state index contributed by atoms with van der Waals surface area (Å²) in [6, 6.07) is 3.27. The number of halogens is 2. The number of aromatic amines is 1. The SMILES string of the molecule is Nc1cc(F)cc(C(=O)NCc2ccn[nH]2)c1F. The number of nitrogen functional groups attached to an aromatic ring is 1. The van der Waals surface area contributed by atoms with Crippen LogP contribution in [0.5, 0.6) is 0 Å². The summed E-state index contributed by atoms with van der Waals surface area (Å²) in [7, 11) is 0. The number of amides is 1. The summed E-state index contributed by atoms with van der Waals surface area (Å²) in [6.07, 6.45) is 1.52. The second-order valence-electron chi connectivity index (χ2n) is 3.62. The minimum absolute atomic E-state index is 0.134. The van der Waals surface area contributed by atoms with Gasteiger partial charge in [-0.3, -0.25) is 9.89 Å². The first kappa shape index (κ1) is 12.0. The van der Waals surface area contributed by atoms with E-state index in [4.69, 9.17) is 5.73 Å². The van der Waals surface area contributed by atoms with Crippen LogP contribution in [0, 0.1) is 11.6 Å². The van der Waals surface area contributed by atoms with Gasteiger partial charge in [0.2, 0.25) is 0 Å². The number of nitrogens with zero attached hydrogens (tertiary/aromatic N) is 1. The third-order valence-electron chi connectivity index (χ3n) is 2.31. The quantitative estimate of drug-likeness (QED) is 0.718. The van der Waals surface area contributed by atoms with Crippen molar-refractivity contribution in [2.45, 2.75) is 6.54 Å². The Labute approximate surface area is 101 Å². The first-order valence-corrected chi connectivity index (χ1v) is 5.09. The molecule has 0 fully saturated rings. The van der Waals surface area contributed by atoms with Gasteiger partial charge in [-0.05, 0) is 18.2 Å². The first-order valence-electron chi connectivity index (χ1n) is 5.09. The van der Waals surface area contributed by atoms with Gasteiger partial charge in [0.25, 0.3) is 5.91 Å². The van der Waals surface area contributed by atoms with Crippen molar-refractivity contribution >= 4 is 11.6 Å². The zero-order valence-electron chi connectivity index (χ0n) is 9.21. The van der Waals surface area contributed by atoms with Crippen molar-refractivity contribution in [1.82, 2.24) is 15.5 Å². The largest absolute Gasteiger partial charge is 0.396 e. The lowest BCUT2D eigenvalue weighted by Gasteiger charge is -2.06. The Hall–Kier alpha value is -2.44. The number of carbonyl (C=O) groups excluding carboxylic acids is 1. The summed E-state index contributed by atoms with van der Waals surface area (Å²) in [5, 5.41) is 8.74. The zero-order valence-corrected chi connectivity index (χ0v) is 9.21. The molecular weight excluding hydrogens is 242 g/mol. The number of aromatic nitrogens is 2. The van der Waals surface area contributed by atoms with Crippen molar-refractivity contribution in [3.8, 4) is 0 Å². The molecule has 0 aliphatic rings. The van der Waals surface area contributed by atoms with Gasteiger partial charge in [0.15, 0.2) is 5.82 Å². The minimum Gasteiger partial charge on any atom is -0.396 e. The molecule has 0 saturated carbocycles. The summed E-state index contributed by atoms with van der Waals surface area (Å²) in [4.78, 5) is 11.7. The molecule has 1 aromatic carbocycles. The second kappa shape index (κ2) is 4.82. The van der Waals surface area contributed by atoms with Crippen LogP contribution in [0.2, 0.25) is 0 Å². The number of hydrogen-bond acceptors (Lipinski definition) is 3. The van der Waals surface area contributed by atoms with Crippen LogP contribution in [-0.2, 0) is 6.54 Å². The van der Waals surface area contributed by atoms with E-state index in [1.54, 1.807) is 6.07 Å². The van der Waals surface area contributed by atoms with Crippen molar-refractivity contribution < 1.29 is 13.6 Å². The molecule has 1 heterocycles. The minimum atomic E-state index is -0.932. The van der Waals surface area contributed by atoms with Gasteiger partial charge in [-0.15, -0.1) is 0 Å². The molecule has 1 amide bonds. The third-order valence-corrected chi connectivity index (χ3v) is 2.31. The number of H-pyrrole nitrogens is 1. The number of rotatable bonds is 3. The molecule has 1 aromatic heterocycles. The van der Waals surface area contributed by atoms with Crippen LogP contribution < -0.4 is 11.1 Å². The lowest BCUT2D eigenvalue weighted by atomic mass is 10.1. The van der Waals surface area contributed by atoms with Crippen molar-refractivity contribution in [3.63, 3.8) is 0 Å². The zero-order chi connectivity index (χ0) is 13.1. The number of hydrogen-bond donors (Lipinski definition) is 3. The smallest absolute Gasteiger partial charge is 0.254 e. The molecule has 94 valence electrons. The van der Waals surface area contributed by atoms with Crippen molar-refractivity contribution in [2.75, 3.05) is 5.73 Å². The van der Waals surface area contributed by atoms with Crippen LogP contribution in [0.4, 0.5) is 14.5 Å². The van der Waals surface area contributed by atoms with E-state index in [1.165, 1.54) is 6.20 Å². The van der Waals surface area contributed by atoms with Crippen LogP contribution in [0.15, 0.2) is 24.4 Å². The van der Waals surface area contributed by atoms with Crippen LogP contribution in [0.25, 0.3) is 0 Å².